The van der Waals surface area contributed by atoms with E-state index in [0.717, 1.165) is 34.0 Å². The van der Waals surface area contributed by atoms with Gasteiger partial charge in [-0.1, -0.05) is 11.6 Å². The standard InChI is InChI=1S/C11H13BrClNO/c1-15-11-9(12)6-8(13)7-10(11)14-4-2-3-5-14/h6-7H,2-5H2,1H3. The maximum absolute atomic E-state index is 6.05. The molecular weight excluding hydrogens is 277 g/mol. The van der Waals surface area contributed by atoms with Crippen LogP contribution in [-0.4, -0.2) is 20.2 Å². The molecule has 0 saturated carbocycles. The fourth-order valence-corrected chi connectivity index (χ4v) is 2.90. The van der Waals surface area contributed by atoms with E-state index in [1.54, 1.807) is 7.11 Å². The van der Waals surface area contributed by atoms with Crippen molar-refractivity contribution in [2.45, 2.75) is 12.8 Å². The van der Waals surface area contributed by atoms with Crippen molar-refractivity contribution in [3.8, 4) is 5.75 Å². The van der Waals surface area contributed by atoms with Crippen LogP contribution in [-0.2, 0) is 0 Å². The van der Waals surface area contributed by atoms with E-state index in [0.29, 0.717) is 0 Å². The monoisotopic (exact) mass is 289 g/mol. The first-order valence-corrected chi connectivity index (χ1v) is 6.17. The van der Waals surface area contributed by atoms with Gasteiger partial charge in [-0.15, -0.1) is 0 Å². The fraction of sp³-hybridized carbons (Fsp3) is 0.455. The molecule has 0 amide bonds. The summed E-state index contributed by atoms with van der Waals surface area (Å²) in [5.41, 5.74) is 1.09. The van der Waals surface area contributed by atoms with E-state index >= 15 is 0 Å². The van der Waals surface area contributed by atoms with Gasteiger partial charge >= 0.3 is 0 Å². The minimum absolute atomic E-state index is 0.740. The maximum Gasteiger partial charge on any atom is 0.156 e. The van der Waals surface area contributed by atoms with Crippen molar-refractivity contribution in [3.05, 3.63) is 21.6 Å². The average molecular weight is 291 g/mol. The Bertz CT molecular complexity index is 364. The molecule has 0 spiro atoms. The highest BCUT2D eigenvalue weighted by Gasteiger charge is 2.18. The number of anilines is 1. The van der Waals surface area contributed by atoms with Gasteiger partial charge in [-0.05, 0) is 40.9 Å². The van der Waals surface area contributed by atoms with Crippen molar-refractivity contribution >= 4 is 33.2 Å². The summed E-state index contributed by atoms with van der Waals surface area (Å²) in [6.07, 6.45) is 2.49. The van der Waals surface area contributed by atoms with Gasteiger partial charge in [0.25, 0.3) is 0 Å². The Balaban J connectivity index is 2.42. The molecule has 0 unspecified atom stereocenters. The summed E-state index contributed by atoms with van der Waals surface area (Å²) < 4.78 is 6.31. The van der Waals surface area contributed by atoms with Crippen LogP contribution >= 0.6 is 27.5 Å². The van der Waals surface area contributed by atoms with Crippen molar-refractivity contribution in [1.82, 2.24) is 0 Å². The summed E-state index contributed by atoms with van der Waals surface area (Å²) in [5, 5.41) is 0.740. The zero-order valence-electron chi connectivity index (χ0n) is 8.59. The molecule has 82 valence electrons. The second-order valence-electron chi connectivity index (χ2n) is 3.63. The molecule has 0 atom stereocenters. The van der Waals surface area contributed by atoms with Gasteiger partial charge < -0.3 is 9.64 Å². The highest BCUT2D eigenvalue weighted by atomic mass is 79.9. The van der Waals surface area contributed by atoms with Crippen LogP contribution in [0.4, 0.5) is 5.69 Å². The maximum atomic E-state index is 6.05. The zero-order chi connectivity index (χ0) is 10.8. The van der Waals surface area contributed by atoms with Crippen LogP contribution in [0.2, 0.25) is 5.02 Å². The number of halogens is 2. The minimum atomic E-state index is 0.740. The van der Waals surface area contributed by atoms with Crippen LogP contribution in [0, 0.1) is 0 Å². The van der Waals surface area contributed by atoms with Gasteiger partial charge in [-0.2, -0.15) is 0 Å². The lowest BCUT2D eigenvalue weighted by Gasteiger charge is -2.21. The second kappa shape index (κ2) is 4.62. The van der Waals surface area contributed by atoms with Crippen LogP contribution in [0.5, 0.6) is 5.75 Å². The molecule has 15 heavy (non-hydrogen) atoms. The van der Waals surface area contributed by atoms with Crippen LogP contribution in [0.1, 0.15) is 12.8 Å². The van der Waals surface area contributed by atoms with Crippen molar-refractivity contribution in [3.63, 3.8) is 0 Å². The summed E-state index contributed by atoms with van der Waals surface area (Å²) in [5.74, 6) is 0.876. The molecule has 1 saturated heterocycles. The normalized spacial score (nSPS) is 15.8. The predicted octanol–water partition coefficient (Wildman–Crippen LogP) is 3.71. The Morgan fingerprint density at radius 1 is 1.33 bits per heavy atom. The number of rotatable bonds is 2. The summed E-state index contributed by atoms with van der Waals surface area (Å²) in [6.45, 7) is 2.17. The van der Waals surface area contributed by atoms with Crippen molar-refractivity contribution < 1.29 is 4.74 Å². The van der Waals surface area contributed by atoms with Gasteiger partial charge in [0, 0.05) is 18.1 Å². The quantitative estimate of drug-likeness (QED) is 0.823. The number of benzene rings is 1. The van der Waals surface area contributed by atoms with E-state index < -0.39 is 0 Å². The lowest BCUT2D eigenvalue weighted by atomic mass is 10.2. The van der Waals surface area contributed by atoms with Gasteiger partial charge in [0.15, 0.2) is 5.75 Å². The smallest absolute Gasteiger partial charge is 0.156 e. The zero-order valence-corrected chi connectivity index (χ0v) is 10.9. The molecule has 2 nitrogen and oxygen atoms in total. The van der Waals surface area contributed by atoms with E-state index in [1.165, 1.54) is 12.8 Å². The molecule has 1 aliphatic rings. The van der Waals surface area contributed by atoms with Crippen molar-refractivity contribution in [2.24, 2.45) is 0 Å². The molecule has 2 rings (SSSR count). The Labute approximate surface area is 103 Å². The topological polar surface area (TPSA) is 12.5 Å². The molecule has 4 heteroatoms. The van der Waals surface area contributed by atoms with Crippen molar-refractivity contribution in [1.29, 1.82) is 0 Å². The minimum Gasteiger partial charge on any atom is -0.493 e. The largest absolute Gasteiger partial charge is 0.493 e. The number of ether oxygens (including phenoxy) is 1. The molecule has 1 aromatic carbocycles. The van der Waals surface area contributed by atoms with Crippen LogP contribution in [0.25, 0.3) is 0 Å². The van der Waals surface area contributed by atoms with E-state index in [-0.39, 0.29) is 0 Å². The third-order valence-corrected chi connectivity index (χ3v) is 3.45. The van der Waals surface area contributed by atoms with Gasteiger partial charge in [0.05, 0.1) is 17.3 Å². The Morgan fingerprint density at radius 3 is 2.60 bits per heavy atom. The first-order chi connectivity index (χ1) is 7.22. The predicted molar refractivity (Wildman–Crippen MR) is 67.2 cm³/mol. The van der Waals surface area contributed by atoms with E-state index in [1.807, 2.05) is 12.1 Å². The third kappa shape index (κ3) is 2.23. The highest BCUT2D eigenvalue weighted by molar-refractivity contribution is 9.10. The molecule has 0 N–H and O–H groups in total. The number of methoxy groups -OCH3 is 1. The Kier molecular flexibility index (Phi) is 3.42. The average Bonchev–Trinajstić information content (AvgIpc) is 2.69. The van der Waals surface area contributed by atoms with Crippen molar-refractivity contribution in [2.75, 3.05) is 25.1 Å². The summed E-state index contributed by atoms with van der Waals surface area (Å²) in [6, 6.07) is 3.83. The molecule has 1 aliphatic heterocycles. The summed E-state index contributed by atoms with van der Waals surface area (Å²) in [7, 11) is 1.69. The number of nitrogens with zero attached hydrogens (tertiary/aromatic N) is 1. The molecule has 0 radical (unpaired) electrons. The van der Waals surface area contributed by atoms with Crippen LogP contribution < -0.4 is 9.64 Å². The van der Waals surface area contributed by atoms with Gasteiger partial charge in [0.1, 0.15) is 0 Å². The SMILES string of the molecule is COc1c(Br)cc(Cl)cc1N1CCCC1. The third-order valence-electron chi connectivity index (χ3n) is 2.64. The molecule has 1 heterocycles. The lowest BCUT2D eigenvalue weighted by Crippen LogP contribution is -2.18. The molecule has 0 aromatic heterocycles. The lowest BCUT2D eigenvalue weighted by molar-refractivity contribution is 0.412. The van der Waals surface area contributed by atoms with E-state index in [4.69, 9.17) is 16.3 Å². The van der Waals surface area contributed by atoms with E-state index in [2.05, 4.69) is 20.8 Å². The van der Waals surface area contributed by atoms with Crippen LogP contribution in [0.15, 0.2) is 16.6 Å². The molecule has 1 aromatic rings. The molecule has 1 fully saturated rings. The summed E-state index contributed by atoms with van der Waals surface area (Å²) in [4.78, 5) is 2.31. The highest BCUT2D eigenvalue weighted by Crippen LogP contribution is 2.39. The van der Waals surface area contributed by atoms with E-state index in [9.17, 15) is 0 Å². The van der Waals surface area contributed by atoms with Gasteiger partial charge in [-0.3, -0.25) is 0 Å². The number of hydrogen-bond acceptors (Lipinski definition) is 2. The fourth-order valence-electron chi connectivity index (χ4n) is 1.94. The first-order valence-electron chi connectivity index (χ1n) is 5.00. The Hall–Kier alpha value is -0.410. The summed E-state index contributed by atoms with van der Waals surface area (Å²) >= 11 is 9.51. The number of hydrogen-bond donors (Lipinski definition) is 0. The molecule has 0 bridgehead atoms. The van der Waals surface area contributed by atoms with Gasteiger partial charge in [0.2, 0.25) is 0 Å². The van der Waals surface area contributed by atoms with Crippen LogP contribution in [0.3, 0.4) is 0 Å². The van der Waals surface area contributed by atoms with Gasteiger partial charge in [-0.25, -0.2) is 0 Å². The second-order valence-corrected chi connectivity index (χ2v) is 4.92. The molecule has 0 aliphatic carbocycles. The first kappa shape index (κ1) is 11.1. The molecular formula is C11H13BrClNO. The Morgan fingerprint density at radius 2 is 2.00 bits per heavy atom.